The number of methoxy groups -OCH3 is 1. The number of nitrogens with two attached hydrogens (primary N) is 1. The van der Waals surface area contributed by atoms with Gasteiger partial charge in [-0.05, 0) is 42.9 Å². The molecule has 0 saturated heterocycles. The summed E-state index contributed by atoms with van der Waals surface area (Å²) in [5.74, 6) is 1.26. The minimum absolute atomic E-state index is 0.389. The average molecular weight is 290 g/mol. The number of anilines is 2. The number of hydrogen-bond donors (Lipinski definition) is 2. The van der Waals surface area contributed by atoms with Crippen LogP contribution in [-0.4, -0.2) is 19.6 Å². The zero-order valence-electron chi connectivity index (χ0n) is 13.0. The second-order valence-corrected chi connectivity index (χ2v) is 5.97. The highest BCUT2D eigenvalue weighted by molar-refractivity contribution is 5.96. The number of ether oxygens (including phenoxy) is 1. The smallest absolute Gasteiger partial charge is 0.340 e. The highest BCUT2D eigenvalue weighted by Gasteiger charge is 2.19. The van der Waals surface area contributed by atoms with Gasteiger partial charge >= 0.3 is 5.97 Å². The molecule has 1 aliphatic carbocycles. The molecule has 0 unspecified atom stereocenters. The summed E-state index contributed by atoms with van der Waals surface area (Å²) in [5.41, 5.74) is 7.62. The van der Waals surface area contributed by atoms with Gasteiger partial charge in [0.2, 0.25) is 0 Å². The molecule has 0 aliphatic heterocycles. The number of carbonyl (C=O) groups excluding carboxylic acids is 1. The molecule has 0 spiro atoms. The number of hydrogen-bond acceptors (Lipinski definition) is 4. The van der Waals surface area contributed by atoms with Crippen LogP contribution in [0, 0.1) is 11.8 Å². The molecular weight excluding hydrogens is 264 g/mol. The van der Waals surface area contributed by atoms with Gasteiger partial charge in [-0.15, -0.1) is 0 Å². The second kappa shape index (κ2) is 7.34. The van der Waals surface area contributed by atoms with Crippen molar-refractivity contribution in [2.24, 2.45) is 11.8 Å². The van der Waals surface area contributed by atoms with Crippen molar-refractivity contribution in [3.05, 3.63) is 23.8 Å². The Morgan fingerprint density at radius 3 is 2.57 bits per heavy atom. The van der Waals surface area contributed by atoms with Crippen molar-refractivity contribution in [3.63, 3.8) is 0 Å². The first kappa shape index (κ1) is 15.7. The van der Waals surface area contributed by atoms with Gasteiger partial charge in [-0.1, -0.05) is 26.2 Å². The molecule has 0 heterocycles. The first-order valence-corrected chi connectivity index (χ1v) is 7.85. The first-order valence-electron chi connectivity index (χ1n) is 7.85. The number of nitrogen functional groups attached to an aromatic ring is 1. The van der Waals surface area contributed by atoms with Gasteiger partial charge in [0.05, 0.1) is 12.7 Å². The van der Waals surface area contributed by atoms with E-state index >= 15 is 0 Å². The van der Waals surface area contributed by atoms with Crippen LogP contribution in [0.1, 0.15) is 49.4 Å². The van der Waals surface area contributed by atoms with Gasteiger partial charge in [-0.25, -0.2) is 4.79 Å². The van der Waals surface area contributed by atoms with Crippen LogP contribution in [0.25, 0.3) is 0 Å². The van der Waals surface area contributed by atoms with E-state index < -0.39 is 0 Å². The number of esters is 1. The molecule has 0 atom stereocenters. The first-order chi connectivity index (χ1) is 10.1. The van der Waals surface area contributed by atoms with E-state index in [1.54, 1.807) is 12.1 Å². The summed E-state index contributed by atoms with van der Waals surface area (Å²) in [6.45, 7) is 3.24. The molecule has 0 bridgehead atoms. The zero-order valence-corrected chi connectivity index (χ0v) is 13.0. The molecule has 21 heavy (non-hydrogen) atoms. The molecule has 2 rings (SSSR count). The molecule has 3 N–H and O–H groups in total. The Labute approximate surface area is 127 Å². The topological polar surface area (TPSA) is 64.3 Å². The Morgan fingerprint density at radius 2 is 1.95 bits per heavy atom. The second-order valence-electron chi connectivity index (χ2n) is 5.97. The molecule has 1 saturated carbocycles. The molecule has 116 valence electrons. The summed E-state index contributed by atoms with van der Waals surface area (Å²) in [6, 6.07) is 5.45. The highest BCUT2D eigenvalue weighted by atomic mass is 16.5. The normalized spacial score (nSPS) is 21.8. The summed E-state index contributed by atoms with van der Waals surface area (Å²) >= 11 is 0. The molecule has 1 aromatic rings. The van der Waals surface area contributed by atoms with Crippen LogP contribution in [0.5, 0.6) is 0 Å². The average Bonchev–Trinajstić information content (AvgIpc) is 2.53. The SMILES string of the molecule is CCC1CCC(CNc2ccc(N)c(C(=O)OC)c2)CC1. The molecule has 0 radical (unpaired) electrons. The third-order valence-corrected chi connectivity index (χ3v) is 4.60. The number of rotatable bonds is 5. The lowest BCUT2D eigenvalue weighted by Crippen LogP contribution is -2.21. The molecule has 4 heteroatoms. The third kappa shape index (κ3) is 4.13. The Kier molecular flexibility index (Phi) is 5.48. The lowest BCUT2D eigenvalue weighted by Gasteiger charge is -2.28. The predicted molar refractivity (Wildman–Crippen MR) is 86.4 cm³/mol. The van der Waals surface area contributed by atoms with Crippen molar-refractivity contribution < 1.29 is 9.53 Å². The molecule has 4 nitrogen and oxygen atoms in total. The fourth-order valence-electron chi connectivity index (χ4n) is 3.06. The third-order valence-electron chi connectivity index (χ3n) is 4.60. The van der Waals surface area contributed by atoms with Gasteiger partial charge in [0.25, 0.3) is 0 Å². The van der Waals surface area contributed by atoms with Gasteiger partial charge < -0.3 is 15.8 Å². The Morgan fingerprint density at radius 1 is 1.29 bits per heavy atom. The van der Waals surface area contributed by atoms with Crippen molar-refractivity contribution in [3.8, 4) is 0 Å². The Hall–Kier alpha value is -1.71. The van der Waals surface area contributed by atoms with Crippen molar-refractivity contribution in [1.29, 1.82) is 0 Å². The molecule has 1 aliphatic rings. The van der Waals surface area contributed by atoms with Crippen LogP contribution in [0.2, 0.25) is 0 Å². The van der Waals surface area contributed by atoms with E-state index in [-0.39, 0.29) is 5.97 Å². The van der Waals surface area contributed by atoms with Crippen LogP contribution < -0.4 is 11.1 Å². The van der Waals surface area contributed by atoms with Gasteiger partial charge in [0.15, 0.2) is 0 Å². The van der Waals surface area contributed by atoms with Crippen molar-refractivity contribution >= 4 is 17.3 Å². The van der Waals surface area contributed by atoms with Gasteiger partial charge in [0, 0.05) is 17.9 Å². The summed E-state index contributed by atoms with van der Waals surface area (Å²) in [4.78, 5) is 11.6. The maximum atomic E-state index is 11.6. The highest BCUT2D eigenvalue weighted by Crippen LogP contribution is 2.30. The van der Waals surface area contributed by atoms with E-state index in [0.29, 0.717) is 11.3 Å². The minimum Gasteiger partial charge on any atom is -0.465 e. The van der Waals surface area contributed by atoms with Crippen LogP contribution in [0.3, 0.4) is 0 Å². The van der Waals surface area contributed by atoms with Gasteiger partial charge in [-0.2, -0.15) is 0 Å². The summed E-state index contributed by atoms with van der Waals surface area (Å²) in [7, 11) is 1.37. The van der Waals surface area contributed by atoms with Crippen LogP contribution in [0.15, 0.2) is 18.2 Å². The number of nitrogens with one attached hydrogen (secondary N) is 1. The van der Waals surface area contributed by atoms with Crippen molar-refractivity contribution in [2.45, 2.75) is 39.0 Å². The van der Waals surface area contributed by atoms with Crippen LogP contribution in [-0.2, 0) is 4.74 Å². The Bertz CT molecular complexity index is 480. The summed E-state index contributed by atoms with van der Waals surface area (Å²) in [6.07, 6.45) is 6.59. The fourth-order valence-corrected chi connectivity index (χ4v) is 3.06. The molecule has 1 aromatic carbocycles. The van der Waals surface area contributed by atoms with Crippen molar-refractivity contribution in [2.75, 3.05) is 24.7 Å². The summed E-state index contributed by atoms with van der Waals surface area (Å²) in [5, 5.41) is 3.43. The maximum Gasteiger partial charge on any atom is 0.340 e. The molecule has 1 fully saturated rings. The maximum absolute atomic E-state index is 11.6. The zero-order chi connectivity index (χ0) is 15.2. The molecule has 0 aromatic heterocycles. The Balaban J connectivity index is 1.90. The van der Waals surface area contributed by atoms with Gasteiger partial charge in [-0.3, -0.25) is 0 Å². The standard InChI is InChI=1S/C17H26N2O2/c1-3-12-4-6-13(7-5-12)11-19-14-8-9-16(18)15(10-14)17(20)21-2/h8-10,12-13,19H,3-7,11,18H2,1-2H3. The number of benzene rings is 1. The van der Waals surface area contributed by atoms with Gasteiger partial charge in [0.1, 0.15) is 0 Å². The lowest BCUT2D eigenvalue weighted by molar-refractivity contribution is 0.0602. The van der Waals surface area contributed by atoms with E-state index in [1.165, 1.54) is 39.2 Å². The van der Waals surface area contributed by atoms with E-state index in [0.717, 1.165) is 24.1 Å². The van der Waals surface area contributed by atoms with Crippen molar-refractivity contribution in [1.82, 2.24) is 0 Å². The lowest BCUT2D eigenvalue weighted by atomic mass is 9.81. The minimum atomic E-state index is -0.389. The monoisotopic (exact) mass is 290 g/mol. The number of carbonyl (C=O) groups is 1. The van der Waals surface area contributed by atoms with Crippen LogP contribution in [0.4, 0.5) is 11.4 Å². The fraction of sp³-hybridized carbons (Fsp3) is 0.588. The largest absolute Gasteiger partial charge is 0.465 e. The van der Waals surface area contributed by atoms with E-state index in [9.17, 15) is 4.79 Å². The quantitative estimate of drug-likeness (QED) is 0.641. The predicted octanol–water partition coefficient (Wildman–Crippen LogP) is 3.68. The van der Waals surface area contributed by atoms with E-state index in [2.05, 4.69) is 12.2 Å². The summed E-state index contributed by atoms with van der Waals surface area (Å²) < 4.78 is 4.74. The van der Waals surface area contributed by atoms with Crippen LogP contribution >= 0.6 is 0 Å². The molecule has 0 amide bonds. The van der Waals surface area contributed by atoms with E-state index in [4.69, 9.17) is 10.5 Å². The van der Waals surface area contributed by atoms with E-state index in [1.807, 2.05) is 6.07 Å². The molecular formula is C17H26N2O2.